The van der Waals surface area contributed by atoms with Crippen LogP contribution in [-0.2, 0) is 0 Å². The lowest BCUT2D eigenvalue weighted by atomic mass is 9.92. The number of nitrogens with zero attached hydrogens (tertiary/aromatic N) is 1. The van der Waals surface area contributed by atoms with Gasteiger partial charge in [-0.3, -0.25) is 4.90 Å². The molecule has 0 amide bonds. The van der Waals surface area contributed by atoms with Crippen molar-refractivity contribution in [1.82, 2.24) is 10.2 Å². The predicted molar refractivity (Wildman–Crippen MR) is 119 cm³/mol. The molecule has 1 aliphatic heterocycles. The van der Waals surface area contributed by atoms with Crippen LogP contribution in [0, 0.1) is 0 Å². The zero-order chi connectivity index (χ0) is 20.1. The molecule has 0 saturated carbocycles. The van der Waals surface area contributed by atoms with Crippen molar-refractivity contribution in [2.45, 2.75) is 19.9 Å². The van der Waals surface area contributed by atoms with Gasteiger partial charge in [0.1, 0.15) is 0 Å². The molecule has 1 saturated heterocycles. The van der Waals surface area contributed by atoms with Crippen molar-refractivity contribution in [2.24, 2.45) is 0 Å². The van der Waals surface area contributed by atoms with Crippen molar-refractivity contribution in [1.29, 1.82) is 0 Å². The van der Waals surface area contributed by atoms with Gasteiger partial charge in [0.25, 0.3) is 0 Å². The normalized spacial score (nSPS) is 15.9. The van der Waals surface area contributed by atoms with E-state index in [4.69, 9.17) is 9.47 Å². The molecule has 0 radical (unpaired) electrons. The van der Waals surface area contributed by atoms with E-state index in [9.17, 15) is 0 Å². The van der Waals surface area contributed by atoms with Gasteiger partial charge in [0, 0.05) is 26.2 Å². The monoisotopic (exact) mass is 390 g/mol. The first-order chi connectivity index (χ1) is 14.3. The lowest BCUT2D eigenvalue weighted by Crippen LogP contribution is -2.45. The van der Waals surface area contributed by atoms with Crippen molar-refractivity contribution in [3.05, 3.63) is 71.8 Å². The summed E-state index contributed by atoms with van der Waals surface area (Å²) in [6.45, 7) is 9.33. The van der Waals surface area contributed by atoms with Gasteiger partial charge >= 0.3 is 0 Å². The van der Waals surface area contributed by atoms with Gasteiger partial charge in [0.05, 0.1) is 19.3 Å². The summed E-state index contributed by atoms with van der Waals surface area (Å²) >= 11 is 0. The number of hydrogen-bond donors (Lipinski definition) is 1. The highest BCUT2D eigenvalue weighted by molar-refractivity contribution is 5.86. The first-order valence-corrected chi connectivity index (χ1v) is 10.6. The van der Waals surface area contributed by atoms with Gasteiger partial charge in [-0.1, -0.05) is 48.5 Å². The molecule has 1 fully saturated rings. The minimum atomic E-state index is 0.179. The summed E-state index contributed by atoms with van der Waals surface area (Å²) in [5.74, 6) is 1.64. The predicted octanol–water partition coefficient (Wildman–Crippen LogP) is 4.63. The Labute approximate surface area is 173 Å². The highest BCUT2D eigenvalue weighted by Gasteiger charge is 2.26. The number of benzene rings is 3. The lowest BCUT2D eigenvalue weighted by molar-refractivity contribution is 0.198. The van der Waals surface area contributed by atoms with Crippen LogP contribution in [-0.4, -0.2) is 44.3 Å². The van der Waals surface area contributed by atoms with Crippen molar-refractivity contribution < 1.29 is 9.47 Å². The molecule has 1 unspecified atom stereocenters. The maximum atomic E-state index is 5.94. The number of fused-ring (bicyclic) bond motifs is 1. The van der Waals surface area contributed by atoms with Gasteiger partial charge in [0.15, 0.2) is 11.5 Å². The largest absolute Gasteiger partial charge is 0.490 e. The topological polar surface area (TPSA) is 33.7 Å². The van der Waals surface area contributed by atoms with Crippen LogP contribution >= 0.6 is 0 Å². The summed E-state index contributed by atoms with van der Waals surface area (Å²) in [6, 6.07) is 21.9. The molecule has 3 aromatic rings. The van der Waals surface area contributed by atoms with Crippen LogP contribution in [0.25, 0.3) is 10.8 Å². The minimum absolute atomic E-state index is 0.179. The molecule has 3 aromatic carbocycles. The van der Waals surface area contributed by atoms with Crippen molar-refractivity contribution >= 4 is 10.8 Å². The fraction of sp³-hybridized carbons (Fsp3) is 0.360. The Bertz CT molecular complexity index is 945. The van der Waals surface area contributed by atoms with E-state index in [1.54, 1.807) is 0 Å². The molecule has 1 aliphatic rings. The second-order valence-electron chi connectivity index (χ2n) is 7.33. The number of ether oxygens (including phenoxy) is 2. The van der Waals surface area contributed by atoms with Gasteiger partial charge in [-0.05, 0) is 47.9 Å². The van der Waals surface area contributed by atoms with E-state index in [0.717, 1.165) is 37.7 Å². The van der Waals surface area contributed by atoms with Gasteiger partial charge < -0.3 is 14.8 Å². The molecule has 1 N–H and O–H groups in total. The smallest absolute Gasteiger partial charge is 0.161 e. The van der Waals surface area contributed by atoms with Gasteiger partial charge in [-0.15, -0.1) is 0 Å². The fourth-order valence-electron chi connectivity index (χ4n) is 4.25. The average molecular weight is 391 g/mol. The summed E-state index contributed by atoms with van der Waals surface area (Å²) in [5, 5.41) is 6.07. The molecule has 0 spiro atoms. The van der Waals surface area contributed by atoms with Crippen LogP contribution < -0.4 is 14.8 Å². The van der Waals surface area contributed by atoms with E-state index in [2.05, 4.69) is 70.9 Å². The molecule has 4 heteroatoms. The maximum Gasteiger partial charge on any atom is 0.161 e. The highest BCUT2D eigenvalue weighted by atomic mass is 16.5. The Morgan fingerprint density at radius 1 is 0.862 bits per heavy atom. The molecular weight excluding hydrogens is 360 g/mol. The Morgan fingerprint density at radius 2 is 1.59 bits per heavy atom. The third kappa shape index (κ3) is 4.24. The molecule has 4 rings (SSSR count). The van der Waals surface area contributed by atoms with Crippen LogP contribution in [0.3, 0.4) is 0 Å². The molecule has 29 heavy (non-hydrogen) atoms. The van der Waals surface area contributed by atoms with Gasteiger partial charge in [-0.25, -0.2) is 0 Å². The number of piperazine rings is 1. The van der Waals surface area contributed by atoms with E-state index in [0.29, 0.717) is 13.2 Å². The first-order valence-electron chi connectivity index (χ1n) is 10.6. The van der Waals surface area contributed by atoms with Crippen molar-refractivity contribution in [3.8, 4) is 11.5 Å². The summed E-state index contributed by atoms with van der Waals surface area (Å²) in [4.78, 5) is 2.57. The van der Waals surface area contributed by atoms with E-state index in [1.165, 1.54) is 21.9 Å². The summed E-state index contributed by atoms with van der Waals surface area (Å²) in [5.41, 5.74) is 2.59. The summed E-state index contributed by atoms with van der Waals surface area (Å²) < 4.78 is 11.7. The third-order valence-electron chi connectivity index (χ3n) is 5.52. The van der Waals surface area contributed by atoms with Crippen LogP contribution in [0.1, 0.15) is 31.0 Å². The second kappa shape index (κ2) is 9.29. The lowest BCUT2D eigenvalue weighted by Gasteiger charge is -2.36. The molecule has 0 aliphatic carbocycles. The zero-order valence-corrected chi connectivity index (χ0v) is 17.4. The van der Waals surface area contributed by atoms with Crippen LogP contribution in [0.15, 0.2) is 60.7 Å². The molecule has 152 valence electrons. The molecule has 1 atom stereocenters. The van der Waals surface area contributed by atoms with Crippen LogP contribution in [0.5, 0.6) is 11.5 Å². The minimum Gasteiger partial charge on any atom is -0.490 e. The van der Waals surface area contributed by atoms with Crippen LogP contribution in [0.2, 0.25) is 0 Å². The van der Waals surface area contributed by atoms with Gasteiger partial charge in [0.2, 0.25) is 0 Å². The van der Waals surface area contributed by atoms with E-state index < -0.39 is 0 Å². The number of hydrogen-bond acceptors (Lipinski definition) is 4. The maximum absolute atomic E-state index is 5.94. The Kier molecular flexibility index (Phi) is 6.33. The molecule has 4 nitrogen and oxygen atoms in total. The van der Waals surface area contributed by atoms with Gasteiger partial charge in [-0.2, -0.15) is 0 Å². The average Bonchev–Trinajstić information content (AvgIpc) is 2.77. The molecule has 1 heterocycles. The summed E-state index contributed by atoms with van der Waals surface area (Å²) in [6.07, 6.45) is 0. The molecule has 0 bridgehead atoms. The summed E-state index contributed by atoms with van der Waals surface area (Å²) in [7, 11) is 0. The highest BCUT2D eigenvalue weighted by Crippen LogP contribution is 2.38. The number of nitrogens with one attached hydrogen (secondary N) is 1. The van der Waals surface area contributed by atoms with E-state index in [1.807, 2.05) is 13.8 Å². The molecular formula is C25H30N2O2. The number of rotatable bonds is 7. The van der Waals surface area contributed by atoms with Crippen molar-refractivity contribution in [2.75, 3.05) is 39.4 Å². The Hall–Kier alpha value is -2.56. The third-order valence-corrected chi connectivity index (χ3v) is 5.52. The SMILES string of the molecule is CCOc1ccc(C(c2cccc3ccccc23)N2CCNCC2)cc1OCC. The Balaban J connectivity index is 1.84. The molecule has 0 aromatic heterocycles. The fourth-order valence-corrected chi connectivity index (χ4v) is 4.25. The standard InChI is InChI=1S/C25H30N2O2/c1-3-28-23-13-12-20(18-24(23)29-4-2)25(27-16-14-26-15-17-27)22-11-7-9-19-8-5-6-10-21(19)22/h5-13,18,25-26H,3-4,14-17H2,1-2H3. The van der Waals surface area contributed by atoms with E-state index >= 15 is 0 Å². The van der Waals surface area contributed by atoms with Crippen LogP contribution in [0.4, 0.5) is 0 Å². The quantitative estimate of drug-likeness (QED) is 0.638. The second-order valence-corrected chi connectivity index (χ2v) is 7.33. The van der Waals surface area contributed by atoms with Crippen molar-refractivity contribution in [3.63, 3.8) is 0 Å². The Morgan fingerprint density at radius 3 is 2.38 bits per heavy atom. The first kappa shape index (κ1) is 19.7. The zero-order valence-electron chi connectivity index (χ0n) is 17.4. The van der Waals surface area contributed by atoms with E-state index in [-0.39, 0.29) is 6.04 Å².